The number of likely N-dealkylation sites (N-methyl/N-ethyl adjacent to an activating group) is 1. The minimum Gasteiger partial charge on any atom is -0.484 e. The summed E-state index contributed by atoms with van der Waals surface area (Å²) in [7, 11) is 1.59. The molecule has 7 nitrogen and oxygen atoms in total. The number of nitrogens with zero attached hydrogens (tertiary/aromatic N) is 2. The zero-order chi connectivity index (χ0) is 19.9. The Labute approximate surface area is 163 Å². The van der Waals surface area contributed by atoms with Crippen LogP contribution in [0, 0.1) is 0 Å². The van der Waals surface area contributed by atoms with Crippen LogP contribution in [0.2, 0.25) is 0 Å². The summed E-state index contributed by atoms with van der Waals surface area (Å²) in [5, 5.41) is 2.53. The number of benzene rings is 2. The summed E-state index contributed by atoms with van der Waals surface area (Å²) >= 11 is 0. The summed E-state index contributed by atoms with van der Waals surface area (Å²) in [6.45, 7) is 0.205. The van der Waals surface area contributed by atoms with E-state index in [1.165, 1.54) is 4.90 Å². The molecule has 1 aliphatic heterocycles. The zero-order valence-electron chi connectivity index (χ0n) is 15.7. The van der Waals surface area contributed by atoms with E-state index in [0.29, 0.717) is 18.7 Å². The summed E-state index contributed by atoms with van der Waals surface area (Å²) in [6, 6.07) is 17.8. The molecule has 0 saturated carbocycles. The Kier molecular flexibility index (Phi) is 6.26. The van der Waals surface area contributed by atoms with Crippen LogP contribution in [-0.4, -0.2) is 55.4 Å². The molecule has 1 heterocycles. The maximum Gasteiger partial charge on any atom is 0.258 e. The molecule has 7 heteroatoms. The van der Waals surface area contributed by atoms with Crippen LogP contribution in [0.1, 0.15) is 6.42 Å². The van der Waals surface area contributed by atoms with E-state index in [2.05, 4.69) is 5.32 Å². The van der Waals surface area contributed by atoms with Gasteiger partial charge in [0.15, 0.2) is 6.61 Å². The molecule has 0 radical (unpaired) electrons. The highest BCUT2D eigenvalue weighted by Crippen LogP contribution is 2.23. The molecule has 1 fully saturated rings. The Balaban J connectivity index is 1.46. The van der Waals surface area contributed by atoms with Crippen molar-refractivity contribution < 1.29 is 19.1 Å². The number of para-hydroxylation sites is 2. The Bertz CT molecular complexity index is 826. The predicted octanol–water partition coefficient (Wildman–Crippen LogP) is 1.45. The number of nitrogens with one attached hydrogen (secondary N) is 1. The molecule has 146 valence electrons. The topological polar surface area (TPSA) is 79.0 Å². The first-order valence-electron chi connectivity index (χ1n) is 9.13. The van der Waals surface area contributed by atoms with Crippen molar-refractivity contribution in [3.8, 4) is 5.75 Å². The van der Waals surface area contributed by atoms with Gasteiger partial charge < -0.3 is 19.9 Å². The summed E-state index contributed by atoms with van der Waals surface area (Å²) < 4.78 is 5.34. The largest absolute Gasteiger partial charge is 0.484 e. The highest BCUT2D eigenvalue weighted by atomic mass is 16.5. The smallest absolute Gasteiger partial charge is 0.258 e. The van der Waals surface area contributed by atoms with Gasteiger partial charge >= 0.3 is 0 Å². The Hall–Kier alpha value is -3.35. The number of amides is 3. The van der Waals surface area contributed by atoms with Crippen molar-refractivity contribution in [3.63, 3.8) is 0 Å². The second-order valence-electron chi connectivity index (χ2n) is 6.51. The number of rotatable bonds is 7. The van der Waals surface area contributed by atoms with E-state index in [0.717, 1.165) is 5.69 Å². The lowest BCUT2D eigenvalue weighted by Crippen LogP contribution is -2.47. The molecule has 1 atom stereocenters. The molecule has 0 spiro atoms. The summed E-state index contributed by atoms with van der Waals surface area (Å²) in [5.74, 6) is -0.241. The molecule has 0 aromatic heterocycles. The van der Waals surface area contributed by atoms with Gasteiger partial charge in [0.1, 0.15) is 11.8 Å². The maximum absolute atomic E-state index is 12.7. The average Bonchev–Trinajstić information content (AvgIpc) is 3.12. The number of carbonyl (C=O) groups excluding carboxylic acids is 3. The third kappa shape index (κ3) is 4.68. The van der Waals surface area contributed by atoms with E-state index in [1.807, 2.05) is 48.5 Å². The number of hydrogen-bond donors (Lipinski definition) is 1. The minimum atomic E-state index is -0.523. The van der Waals surface area contributed by atoms with Gasteiger partial charge in [-0.3, -0.25) is 14.4 Å². The van der Waals surface area contributed by atoms with Crippen molar-refractivity contribution in [2.45, 2.75) is 12.5 Å². The van der Waals surface area contributed by atoms with E-state index in [9.17, 15) is 14.4 Å². The fourth-order valence-corrected chi connectivity index (χ4v) is 3.08. The normalized spacial score (nSPS) is 16.0. The monoisotopic (exact) mass is 381 g/mol. The van der Waals surface area contributed by atoms with Gasteiger partial charge in [-0.15, -0.1) is 0 Å². The van der Waals surface area contributed by atoms with E-state index in [4.69, 9.17) is 4.74 Å². The van der Waals surface area contributed by atoms with Gasteiger partial charge in [0.2, 0.25) is 11.8 Å². The number of anilines is 1. The van der Waals surface area contributed by atoms with Gasteiger partial charge in [-0.1, -0.05) is 36.4 Å². The molecule has 1 N–H and O–H groups in total. The molecular formula is C21H23N3O4. The van der Waals surface area contributed by atoms with Gasteiger partial charge in [-0.05, 0) is 30.7 Å². The fraction of sp³-hybridized carbons (Fsp3) is 0.286. The molecule has 2 aromatic carbocycles. The molecule has 1 aliphatic rings. The van der Waals surface area contributed by atoms with Crippen LogP contribution in [-0.2, 0) is 14.4 Å². The number of hydrogen-bond acceptors (Lipinski definition) is 4. The van der Waals surface area contributed by atoms with E-state index < -0.39 is 11.9 Å². The molecule has 0 aliphatic carbocycles. The summed E-state index contributed by atoms with van der Waals surface area (Å²) in [6.07, 6.45) is 0.557. The standard InChI is InChI=1S/C21H23N3O4/c1-23(18-12-13-24(21(18)27)16-8-4-2-5-9-16)20(26)14-22-19(25)15-28-17-10-6-3-7-11-17/h2-11,18H,12-15H2,1H3,(H,22,25). The van der Waals surface area contributed by atoms with Crippen molar-refractivity contribution in [1.29, 1.82) is 0 Å². The lowest BCUT2D eigenvalue weighted by atomic mass is 10.2. The molecule has 0 bridgehead atoms. The van der Waals surface area contributed by atoms with Gasteiger partial charge in [-0.2, -0.15) is 0 Å². The van der Waals surface area contributed by atoms with Crippen LogP contribution in [0.4, 0.5) is 5.69 Å². The van der Waals surface area contributed by atoms with Gasteiger partial charge in [0.25, 0.3) is 5.91 Å². The summed E-state index contributed by atoms with van der Waals surface area (Å²) in [5.41, 5.74) is 0.821. The van der Waals surface area contributed by atoms with Crippen LogP contribution >= 0.6 is 0 Å². The van der Waals surface area contributed by atoms with Gasteiger partial charge in [-0.25, -0.2) is 0 Å². The van der Waals surface area contributed by atoms with Crippen LogP contribution in [0.15, 0.2) is 60.7 Å². The molecule has 3 rings (SSSR count). The van der Waals surface area contributed by atoms with E-state index in [-0.39, 0.29) is 25.0 Å². The SMILES string of the molecule is CN(C(=O)CNC(=O)COc1ccccc1)C1CCN(c2ccccc2)C1=O. The van der Waals surface area contributed by atoms with Crippen molar-refractivity contribution in [3.05, 3.63) is 60.7 Å². The Morgan fingerprint density at radius 2 is 1.75 bits per heavy atom. The predicted molar refractivity (Wildman–Crippen MR) is 105 cm³/mol. The first kappa shape index (κ1) is 19.4. The van der Waals surface area contributed by atoms with Crippen molar-refractivity contribution >= 4 is 23.4 Å². The van der Waals surface area contributed by atoms with E-state index >= 15 is 0 Å². The lowest BCUT2D eigenvalue weighted by molar-refractivity contribution is -0.137. The van der Waals surface area contributed by atoms with Crippen LogP contribution < -0.4 is 15.0 Å². The highest BCUT2D eigenvalue weighted by molar-refractivity contribution is 6.01. The highest BCUT2D eigenvalue weighted by Gasteiger charge is 2.37. The number of ether oxygens (including phenoxy) is 1. The molecular weight excluding hydrogens is 358 g/mol. The molecule has 1 unspecified atom stereocenters. The molecule has 3 amide bonds. The zero-order valence-corrected chi connectivity index (χ0v) is 15.7. The fourth-order valence-electron chi connectivity index (χ4n) is 3.08. The average molecular weight is 381 g/mol. The van der Waals surface area contributed by atoms with Crippen LogP contribution in [0.25, 0.3) is 0 Å². The molecule has 2 aromatic rings. The third-order valence-corrected chi connectivity index (χ3v) is 4.66. The van der Waals surface area contributed by atoms with E-state index in [1.54, 1.807) is 24.1 Å². The van der Waals surface area contributed by atoms with Crippen LogP contribution in [0.3, 0.4) is 0 Å². The van der Waals surface area contributed by atoms with Crippen molar-refractivity contribution in [2.75, 3.05) is 31.6 Å². The van der Waals surface area contributed by atoms with Crippen molar-refractivity contribution in [2.24, 2.45) is 0 Å². The first-order chi connectivity index (χ1) is 13.6. The second-order valence-corrected chi connectivity index (χ2v) is 6.51. The second kappa shape index (κ2) is 9.03. The first-order valence-corrected chi connectivity index (χ1v) is 9.13. The molecule has 1 saturated heterocycles. The maximum atomic E-state index is 12.7. The molecule has 28 heavy (non-hydrogen) atoms. The third-order valence-electron chi connectivity index (χ3n) is 4.66. The lowest BCUT2D eigenvalue weighted by Gasteiger charge is -2.24. The number of carbonyl (C=O) groups is 3. The van der Waals surface area contributed by atoms with Gasteiger partial charge in [0.05, 0.1) is 6.54 Å². The Morgan fingerprint density at radius 1 is 1.11 bits per heavy atom. The quantitative estimate of drug-likeness (QED) is 0.787. The Morgan fingerprint density at radius 3 is 2.43 bits per heavy atom. The van der Waals surface area contributed by atoms with Crippen molar-refractivity contribution in [1.82, 2.24) is 10.2 Å². The van der Waals surface area contributed by atoms with Gasteiger partial charge in [0, 0.05) is 19.3 Å². The summed E-state index contributed by atoms with van der Waals surface area (Å²) in [4.78, 5) is 40.0. The minimum absolute atomic E-state index is 0.110. The van der Waals surface area contributed by atoms with Crippen LogP contribution in [0.5, 0.6) is 5.75 Å².